The predicted molar refractivity (Wildman–Crippen MR) is 122 cm³/mol. The topological polar surface area (TPSA) is 99.1 Å². The molecule has 7 nitrogen and oxygen atoms in total. The van der Waals surface area contributed by atoms with Crippen molar-refractivity contribution in [3.8, 4) is 0 Å². The van der Waals surface area contributed by atoms with Gasteiger partial charge in [0.15, 0.2) is 6.10 Å². The molecular formula is C26H36O7. The van der Waals surface area contributed by atoms with Crippen LogP contribution in [-0.2, 0) is 28.6 Å². The first-order valence-electron chi connectivity index (χ1n) is 11.5. The Balaban J connectivity index is 2.34. The zero-order valence-electron chi connectivity index (χ0n) is 20.6. The molecule has 0 amide bonds. The summed E-state index contributed by atoms with van der Waals surface area (Å²) in [5, 5.41) is 11.8. The molecule has 7 atom stereocenters. The maximum Gasteiger partial charge on any atom is 0.303 e. The second-order valence-corrected chi connectivity index (χ2v) is 10.5. The number of aliphatic hydroxyl groups is 1. The highest BCUT2D eigenvalue weighted by atomic mass is 16.6. The van der Waals surface area contributed by atoms with Gasteiger partial charge >= 0.3 is 17.9 Å². The summed E-state index contributed by atoms with van der Waals surface area (Å²) in [6.45, 7) is 16.1. The van der Waals surface area contributed by atoms with E-state index in [0.29, 0.717) is 18.4 Å². The quantitative estimate of drug-likeness (QED) is 0.390. The van der Waals surface area contributed by atoms with E-state index in [1.807, 2.05) is 39.8 Å². The highest BCUT2D eigenvalue weighted by Gasteiger charge is 2.61. The van der Waals surface area contributed by atoms with Crippen LogP contribution in [0.4, 0.5) is 0 Å². The number of hydrogen-bond acceptors (Lipinski definition) is 7. The summed E-state index contributed by atoms with van der Waals surface area (Å²) in [6.07, 6.45) is 1.54. The monoisotopic (exact) mass is 460 g/mol. The summed E-state index contributed by atoms with van der Waals surface area (Å²) in [6, 6.07) is 0. The molecule has 182 valence electrons. The van der Waals surface area contributed by atoms with E-state index in [2.05, 4.69) is 6.58 Å². The summed E-state index contributed by atoms with van der Waals surface area (Å²) < 4.78 is 17.5. The summed E-state index contributed by atoms with van der Waals surface area (Å²) in [7, 11) is 0. The first kappa shape index (κ1) is 25.2. The van der Waals surface area contributed by atoms with Crippen LogP contribution in [0.15, 0.2) is 35.5 Å². The maximum absolute atomic E-state index is 12.3. The van der Waals surface area contributed by atoms with E-state index in [9.17, 15) is 19.5 Å². The lowest BCUT2D eigenvalue weighted by Gasteiger charge is -2.58. The van der Waals surface area contributed by atoms with Gasteiger partial charge in [0, 0.05) is 38.0 Å². The van der Waals surface area contributed by atoms with Gasteiger partial charge in [0.05, 0.1) is 0 Å². The average molecular weight is 461 g/mol. The average Bonchev–Trinajstić information content (AvgIpc) is 2.66. The predicted octanol–water partition coefficient (Wildman–Crippen LogP) is 3.66. The first-order valence-corrected chi connectivity index (χ1v) is 11.5. The third-order valence-electron chi connectivity index (χ3n) is 7.87. The van der Waals surface area contributed by atoms with E-state index in [4.69, 9.17) is 14.2 Å². The van der Waals surface area contributed by atoms with Crippen LogP contribution in [0.3, 0.4) is 0 Å². The van der Waals surface area contributed by atoms with Gasteiger partial charge < -0.3 is 19.3 Å². The molecule has 0 spiro atoms. The molecule has 1 N–H and O–H groups in total. The van der Waals surface area contributed by atoms with Crippen molar-refractivity contribution < 1.29 is 33.7 Å². The summed E-state index contributed by atoms with van der Waals surface area (Å²) in [5.41, 5.74) is 0.770. The molecule has 0 aromatic heterocycles. The second-order valence-electron chi connectivity index (χ2n) is 10.5. The summed E-state index contributed by atoms with van der Waals surface area (Å²) in [4.78, 5) is 36.4. The largest absolute Gasteiger partial charge is 0.462 e. The van der Waals surface area contributed by atoms with Gasteiger partial charge in [-0.15, -0.1) is 0 Å². The molecule has 7 heteroatoms. The van der Waals surface area contributed by atoms with Crippen LogP contribution in [-0.4, -0.2) is 47.4 Å². The van der Waals surface area contributed by atoms with Crippen molar-refractivity contribution >= 4 is 17.9 Å². The van der Waals surface area contributed by atoms with Gasteiger partial charge in [-0.3, -0.25) is 14.4 Å². The smallest absolute Gasteiger partial charge is 0.303 e. The Morgan fingerprint density at radius 3 is 2.15 bits per heavy atom. The molecule has 0 saturated heterocycles. The molecule has 1 saturated carbocycles. The van der Waals surface area contributed by atoms with Gasteiger partial charge in [-0.2, -0.15) is 0 Å². The highest BCUT2D eigenvalue weighted by Crippen LogP contribution is 2.59. The fourth-order valence-corrected chi connectivity index (χ4v) is 6.45. The lowest BCUT2D eigenvalue weighted by molar-refractivity contribution is -0.185. The number of allylic oxidation sites excluding steroid dienone is 2. The van der Waals surface area contributed by atoms with Gasteiger partial charge in [-0.25, -0.2) is 0 Å². The van der Waals surface area contributed by atoms with Crippen molar-refractivity contribution in [2.45, 2.75) is 85.7 Å². The summed E-state index contributed by atoms with van der Waals surface area (Å²) >= 11 is 0. The van der Waals surface area contributed by atoms with Crippen LogP contribution in [0.1, 0.15) is 61.3 Å². The minimum absolute atomic E-state index is 0.275. The Kier molecular flexibility index (Phi) is 6.68. The van der Waals surface area contributed by atoms with Gasteiger partial charge in [0.25, 0.3) is 0 Å². The molecule has 2 bridgehead atoms. The molecular weight excluding hydrogens is 424 g/mol. The Morgan fingerprint density at radius 1 is 1.03 bits per heavy atom. The molecule has 7 unspecified atom stereocenters. The molecule has 33 heavy (non-hydrogen) atoms. The highest BCUT2D eigenvalue weighted by molar-refractivity contribution is 5.68. The van der Waals surface area contributed by atoms with Crippen LogP contribution in [0, 0.1) is 22.7 Å². The molecule has 0 aromatic rings. The van der Waals surface area contributed by atoms with E-state index in [0.717, 1.165) is 11.1 Å². The lowest BCUT2D eigenvalue weighted by Crippen LogP contribution is -2.62. The van der Waals surface area contributed by atoms with E-state index >= 15 is 0 Å². The van der Waals surface area contributed by atoms with Gasteiger partial charge in [0.2, 0.25) is 0 Å². The van der Waals surface area contributed by atoms with Crippen LogP contribution < -0.4 is 0 Å². The van der Waals surface area contributed by atoms with Crippen molar-refractivity contribution in [3.63, 3.8) is 0 Å². The van der Waals surface area contributed by atoms with E-state index in [1.54, 1.807) is 0 Å². The van der Waals surface area contributed by atoms with Gasteiger partial charge in [-0.1, -0.05) is 39.5 Å². The van der Waals surface area contributed by atoms with Crippen molar-refractivity contribution in [2.24, 2.45) is 22.7 Å². The fraction of sp³-hybridized carbons (Fsp3) is 0.654. The minimum Gasteiger partial charge on any atom is -0.462 e. The third kappa shape index (κ3) is 4.27. The standard InChI is InChI=1S/C26H36O7/c1-13-10-9-11-26(8)20(13)22(32-16(4)28)18-12-19(31-15(3)27)14(2)21(25(18,6)7)23(24(26)30)33-17(5)29/h9-10,18-20,22-24,30H,1,11-12H2,2-8H3. The number of hydrogen-bond donors (Lipinski definition) is 1. The van der Waals surface area contributed by atoms with Crippen molar-refractivity contribution in [1.29, 1.82) is 0 Å². The van der Waals surface area contributed by atoms with E-state index in [1.165, 1.54) is 20.8 Å². The molecule has 0 aromatic carbocycles. The van der Waals surface area contributed by atoms with Crippen LogP contribution >= 0.6 is 0 Å². The molecule has 3 rings (SSSR count). The third-order valence-corrected chi connectivity index (χ3v) is 7.87. The number of ether oxygens (including phenoxy) is 3. The van der Waals surface area contributed by atoms with Crippen LogP contribution in [0.25, 0.3) is 0 Å². The van der Waals surface area contributed by atoms with Crippen molar-refractivity contribution in [1.82, 2.24) is 0 Å². The zero-order valence-corrected chi connectivity index (χ0v) is 20.6. The molecule has 3 aliphatic rings. The number of carbonyl (C=O) groups is 3. The van der Waals surface area contributed by atoms with Crippen molar-refractivity contribution in [3.05, 3.63) is 35.5 Å². The minimum atomic E-state index is -1.10. The maximum atomic E-state index is 12.3. The first-order chi connectivity index (χ1) is 15.2. The van der Waals surface area contributed by atoms with E-state index in [-0.39, 0.29) is 5.92 Å². The zero-order chi connectivity index (χ0) is 24.9. The van der Waals surface area contributed by atoms with Crippen LogP contribution in [0.5, 0.6) is 0 Å². The Labute approximate surface area is 195 Å². The molecule has 0 aliphatic heterocycles. The number of rotatable bonds is 3. The second kappa shape index (κ2) is 8.75. The van der Waals surface area contributed by atoms with Gasteiger partial charge in [-0.05, 0) is 41.9 Å². The fourth-order valence-electron chi connectivity index (χ4n) is 6.45. The Hall–Kier alpha value is -2.41. The molecule has 3 aliphatic carbocycles. The number of fused-ring (bicyclic) bond motifs is 3. The molecule has 0 radical (unpaired) electrons. The van der Waals surface area contributed by atoms with Gasteiger partial charge in [0.1, 0.15) is 18.3 Å². The number of carbonyl (C=O) groups excluding carboxylic acids is 3. The normalized spacial score (nSPS) is 37.4. The van der Waals surface area contributed by atoms with Crippen LogP contribution in [0.2, 0.25) is 0 Å². The van der Waals surface area contributed by atoms with Crippen molar-refractivity contribution in [2.75, 3.05) is 0 Å². The SMILES string of the molecule is C=C1C=CCC2(C)C(O)C(OC(C)=O)C3=C(C)C(OC(C)=O)CC(C(OC(C)=O)C12)C3(C)C. The van der Waals surface area contributed by atoms with E-state index < -0.39 is 59.1 Å². The summed E-state index contributed by atoms with van der Waals surface area (Å²) in [5.74, 6) is -2.06. The molecule has 1 fully saturated rings. The number of esters is 3. The molecule has 0 heterocycles. The number of aliphatic hydroxyl groups excluding tert-OH is 1. The Bertz CT molecular complexity index is 927. The lowest BCUT2D eigenvalue weighted by atomic mass is 9.50. The Morgan fingerprint density at radius 2 is 1.61 bits per heavy atom.